The molecular formula is C58H46N2. The molecule has 288 valence electrons. The maximum absolute atomic E-state index is 5.80. The summed E-state index contributed by atoms with van der Waals surface area (Å²) in [5.41, 5.74) is 13.5. The van der Waals surface area contributed by atoms with Gasteiger partial charge in [0, 0.05) is 27.9 Å². The topological polar surface area (TPSA) is 17.3 Å². The molecule has 11 rings (SSSR count). The number of allylic oxidation sites excluding steroid dienone is 1. The van der Waals surface area contributed by atoms with Gasteiger partial charge in [-0.1, -0.05) is 165 Å². The second-order valence-electron chi connectivity index (χ2n) is 16.5. The summed E-state index contributed by atoms with van der Waals surface area (Å²) in [6.07, 6.45) is 3.10. The van der Waals surface area contributed by atoms with Crippen LogP contribution in [0.4, 0.5) is 0 Å². The van der Waals surface area contributed by atoms with E-state index in [2.05, 4.69) is 213 Å². The fourth-order valence-electron chi connectivity index (χ4n) is 10.3. The van der Waals surface area contributed by atoms with Gasteiger partial charge in [0.1, 0.15) is 0 Å². The van der Waals surface area contributed by atoms with Crippen molar-refractivity contribution in [2.45, 2.75) is 39.0 Å². The highest BCUT2D eigenvalue weighted by Crippen LogP contribution is 2.45. The molecule has 1 aromatic heterocycles. The highest BCUT2D eigenvalue weighted by molar-refractivity contribution is 6.29. The third kappa shape index (κ3) is 5.97. The second kappa shape index (κ2) is 15.0. The summed E-state index contributed by atoms with van der Waals surface area (Å²) < 4.78 is 2.40. The van der Waals surface area contributed by atoms with Crippen molar-refractivity contribution in [2.75, 3.05) is 0 Å². The van der Waals surface area contributed by atoms with Crippen LogP contribution >= 0.6 is 0 Å². The van der Waals surface area contributed by atoms with Crippen LogP contribution in [-0.2, 0) is 0 Å². The lowest BCUT2D eigenvalue weighted by Crippen LogP contribution is -2.25. The minimum atomic E-state index is 0.289. The number of fused-ring (bicyclic) bond motifs is 9. The Labute approximate surface area is 351 Å². The average molecular weight is 771 g/mol. The van der Waals surface area contributed by atoms with Gasteiger partial charge in [-0.05, 0) is 129 Å². The molecule has 2 heterocycles. The second-order valence-corrected chi connectivity index (χ2v) is 16.5. The van der Waals surface area contributed by atoms with Crippen molar-refractivity contribution < 1.29 is 0 Å². The molecule has 1 aliphatic heterocycles. The number of benzene rings is 9. The number of rotatable bonds is 6. The Bertz CT molecular complexity index is 3300. The molecule has 2 heteroatoms. The molecule has 0 fully saturated rings. The smallest absolute Gasteiger partial charge is 0.0695 e. The van der Waals surface area contributed by atoms with Crippen LogP contribution in [0.2, 0.25) is 0 Å². The molecule has 0 radical (unpaired) electrons. The SMILES string of the molecule is CCC1/C(c2ccccc2)=N\C(c2ccc3c4ccccc4c4cccc(-c5ccc6c(c5)c5ccccc5n6-c5ccccc5)c4c3c2)=C(/C)CCC1c1ccccc1. The number of hydrogen-bond acceptors (Lipinski definition) is 1. The molecule has 10 aromatic rings. The van der Waals surface area contributed by atoms with E-state index in [9.17, 15) is 0 Å². The van der Waals surface area contributed by atoms with E-state index in [4.69, 9.17) is 4.99 Å². The largest absolute Gasteiger partial charge is 0.309 e. The predicted octanol–water partition coefficient (Wildman–Crippen LogP) is 15.7. The van der Waals surface area contributed by atoms with Crippen molar-refractivity contribution in [2.24, 2.45) is 10.9 Å². The molecule has 60 heavy (non-hydrogen) atoms. The molecule has 9 aromatic carbocycles. The lowest BCUT2D eigenvalue weighted by Gasteiger charge is -2.31. The summed E-state index contributed by atoms with van der Waals surface area (Å²) in [5.74, 6) is 0.678. The molecule has 1 aliphatic rings. The minimum Gasteiger partial charge on any atom is -0.309 e. The number of para-hydroxylation sites is 2. The molecule has 0 N–H and O–H groups in total. The molecule has 0 saturated carbocycles. The summed E-state index contributed by atoms with van der Waals surface area (Å²) in [5, 5.41) is 10.2. The van der Waals surface area contributed by atoms with Gasteiger partial charge in [-0.25, -0.2) is 0 Å². The monoisotopic (exact) mass is 770 g/mol. The Hall–Kier alpha value is -7.03. The van der Waals surface area contributed by atoms with Crippen molar-refractivity contribution in [1.82, 2.24) is 4.57 Å². The van der Waals surface area contributed by atoms with Crippen molar-refractivity contribution in [3.05, 3.63) is 216 Å². The van der Waals surface area contributed by atoms with Crippen LogP contribution in [0, 0.1) is 5.92 Å². The van der Waals surface area contributed by atoms with E-state index in [0.29, 0.717) is 5.92 Å². The van der Waals surface area contributed by atoms with E-state index in [0.717, 1.165) is 25.0 Å². The van der Waals surface area contributed by atoms with Gasteiger partial charge in [0.05, 0.1) is 22.4 Å². The number of hydrogen-bond donors (Lipinski definition) is 0. The summed E-state index contributed by atoms with van der Waals surface area (Å²) in [4.78, 5) is 5.80. The Balaban J connectivity index is 1.15. The highest BCUT2D eigenvalue weighted by atomic mass is 15.0. The summed E-state index contributed by atoms with van der Waals surface area (Å²) in [7, 11) is 0. The minimum absolute atomic E-state index is 0.289. The first-order valence-electron chi connectivity index (χ1n) is 21.5. The highest BCUT2D eigenvalue weighted by Gasteiger charge is 2.30. The molecule has 2 unspecified atom stereocenters. The normalized spacial score (nSPS) is 18.2. The van der Waals surface area contributed by atoms with Crippen molar-refractivity contribution >= 4 is 65.5 Å². The van der Waals surface area contributed by atoms with Gasteiger partial charge in [0.25, 0.3) is 0 Å². The van der Waals surface area contributed by atoms with Crippen molar-refractivity contribution in [3.8, 4) is 16.8 Å². The first kappa shape index (κ1) is 36.1. The molecule has 2 atom stereocenters. The number of nitrogens with zero attached hydrogens (tertiary/aromatic N) is 2. The van der Waals surface area contributed by atoms with Crippen molar-refractivity contribution in [3.63, 3.8) is 0 Å². The number of aliphatic imine (C=N–C) groups is 1. The molecular weight excluding hydrogens is 725 g/mol. The number of aromatic nitrogens is 1. The third-order valence-corrected chi connectivity index (χ3v) is 13.2. The average Bonchev–Trinajstić information content (AvgIpc) is 3.64. The first-order valence-corrected chi connectivity index (χ1v) is 21.5. The molecule has 0 bridgehead atoms. The summed E-state index contributed by atoms with van der Waals surface area (Å²) in [6, 6.07) is 71.6. The van der Waals surface area contributed by atoms with Gasteiger partial charge >= 0.3 is 0 Å². The van der Waals surface area contributed by atoms with Crippen LogP contribution < -0.4 is 0 Å². The van der Waals surface area contributed by atoms with E-state index in [1.165, 1.54) is 98.9 Å². The van der Waals surface area contributed by atoms with Crippen LogP contribution in [0.15, 0.2) is 205 Å². The molecule has 0 saturated heterocycles. The third-order valence-electron chi connectivity index (χ3n) is 13.2. The Morgan fingerprint density at radius 2 is 1.10 bits per heavy atom. The molecule has 0 spiro atoms. The van der Waals surface area contributed by atoms with Gasteiger partial charge in [-0.15, -0.1) is 0 Å². The molecule has 0 amide bonds. The lowest BCUT2D eigenvalue weighted by atomic mass is 9.75. The lowest BCUT2D eigenvalue weighted by molar-refractivity contribution is 0.486. The van der Waals surface area contributed by atoms with E-state index >= 15 is 0 Å². The predicted molar refractivity (Wildman–Crippen MR) is 257 cm³/mol. The van der Waals surface area contributed by atoms with Gasteiger partial charge in [0.2, 0.25) is 0 Å². The Morgan fingerprint density at radius 3 is 1.87 bits per heavy atom. The standard InChI is InChI=1S/C58H46N2/c1-3-44-45(39-18-7-4-8-19-39)33-30-38(2)57(59-58(44)40-20-9-5-10-21-40)42-31-34-49-47-24-13-14-25-48(47)51-28-17-27-46(56(51)53(49)37-42)41-32-35-55-52(36-41)50-26-15-16-29-54(50)60(55)43-22-11-6-12-23-43/h4-29,31-32,34-37,44-45H,3,30,33H2,1-2H3/b57-38+,59-58-. The molecule has 2 nitrogen and oxygen atoms in total. The zero-order valence-corrected chi connectivity index (χ0v) is 34.1. The van der Waals surface area contributed by atoms with E-state index in [1.54, 1.807) is 0 Å². The van der Waals surface area contributed by atoms with Crippen LogP contribution in [0.5, 0.6) is 0 Å². The summed E-state index contributed by atoms with van der Waals surface area (Å²) in [6.45, 7) is 4.65. The molecule has 0 aliphatic carbocycles. The summed E-state index contributed by atoms with van der Waals surface area (Å²) >= 11 is 0. The van der Waals surface area contributed by atoms with Crippen LogP contribution in [0.3, 0.4) is 0 Å². The van der Waals surface area contributed by atoms with E-state index in [-0.39, 0.29) is 5.92 Å². The van der Waals surface area contributed by atoms with E-state index in [1.807, 2.05) is 0 Å². The Kier molecular flexibility index (Phi) is 9.00. The van der Waals surface area contributed by atoms with Gasteiger partial charge in [0.15, 0.2) is 0 Å². The quantitative estimate of drug-likeness (QED) is 0.150. The Morgan fingerprint density at radius 1 is 0.500 bits per heavy atom. The fourth-order valence-corrected chi connectivity index (χ4v) is 10.3. The van der Waals surface area contributed by atoms with Crippen LogP contribution in [0.1, 0.15) is 55.7 Å². The zero-order valence-electron chi connectivity index (χ0n) is 34.1. The maximum atomic E-state index is 5.80. The zero-order chi connectivity index (χ0) is 40.2. The van der Waals surface area contributed by atoms with Crippen LogP contribution in [-0.4, -0.2) is 10.3 Å². The fraction of sp³-hybridized carbons (Fsp3) is 0.121. The van der Waals surface area contributed by atoms with Crippen molar-refractivity contribution in [1.29, 1.82) is 0 Å². The van der Waals surface area contributed by atoms with Gasteiger partial charge < -0.3 is 4.57 Å². The van der Waals surface area contributed by atoms with Gasteiger partial charge in [-0.3, -0.25) is 4.99 Å². The van der Waals surface area contributed by atoms with Gasteiger partial charge in [-0.2, -0.15) is 0 Å². The van der Waals surface area contributed by atoms with Crippen LogP contribution in [0.25, 0.3) is 76.6 Å². The van der Waals surface area contributed by atoms with E-state index < -0.39 is 0 Å². The first-order chi connectivity index (χ1) is 29.7. The maximum Gasteiger partial charge on any atom is 0.0695 e.